The Morgan fingerprint density at radius 3 is 2.76 bits per heavy atom. The van der Waals surface area contributed by atoms with Crippen LogP contribution in [0.3, 0.4) is 0 Å². The lowest BCUT2D eigenvalue weighted by Gasteiger charge is -2.36. The molecular formula is C18H18FNO4S. The molecule has 1 N–H and O–H groups in total. The van der Waals surface area contributed by atoms with Gasteiger partial charge in [-0.1, -0.05) is 12.1 Å². The van der Waals surface area contributed by atoms with Crippen molar-refractivity contribution in [3.8, 4) is 11.5 Å². The number of aliphatic hydroxyl groups excluding tert-OH is 1. The highest BCUT2D eigenvalue weighted by Gasteiger charge is 2.34. The summed E-state index contributed by atoms with van der Waals surface area (Å²) in [6, 6.07) is 6.19. The number of fused-ring (bicyclic) bond motifs is 1. The first-order chi connectivity index (χ1) is 12.1. The molecule has 1 aromatic carbocycles. The molecule has 0 spiro atoms. The molecule has 25 heavy (non-hydrogen) atoms. The number of rotatable bonds is 2. The summed E-state index contributed by atoms with van der Waals surface area (Å²) in [4.78, 5) is 15.0. The number of thiophene rings is 1. The SMILES string of the molecule is O=C(c1scc2c1OCCO2)N1CC[C@@H](c2ccc(F)cc2)[C@H](O)C1. The van der Waals surface area contributed by atoms with Gasteiger partial charge in [0.1, 0.15) is 23.9 Å². The number of aliphatic hydroxyl groups is 1. The van der Waals surface area contributed by atoms with E-state index in [4.69, 9.17) is 9.47 Å². The number of β-amino-alcohol motifs (C(OH)–C–C–N with tert-alkyl or cyclic N) is 1. The molecule has 0 saturated carbocycles. The quantitative estimate of drug-likeness (QED) is 0.891. The predicted molar refractivity (Wildman–Crippen MR) is 91.0 cm³/mol. The maximum Gasteiger partial charge on any atom is 0.267 e. The number of carbonyl (C=O) groups excluding carboxylic acids is 1. The van der Waals surface area contributed by atoms with Crippen molar-refractivity contribution in [3.63, 3.8) is 0 Å². The van der Waals surface area contributed by atoms with E-state index in [-0.39, 0.29) is 24.2 Å². The van der Waals surface area contributed by atoms with Crippen LogP contribution in [0.2, 0.25) is 0 Å². The summed E-state index contributed by atoms with van der Waals surface area (Å²) in [5.74, 6) is 0.586. The van der Waals surface area contributed by atoms with Crippen molar-refractivity contribution in [3.05, 3.63) is 45.9 Å². The standard InChI is InChI=1S/C18H18FNO4S/c19-12-3-1-11(2-4-12)13-5-6-20(9-14(13)21)18(22)17-16-15(10-25-17)23-7-8-24-16/h1-4,10,13-14,21H,5-9H2/t13-,14+/m0/s1. The molecule has 0 unspecified atom stereocenters. The fraction of sp³-hybridized carbons (Fsp3) is 0.389. The molecule has 2 atom stereocenters. The van der Waals surface area contributed by atoms with Gasteiger partial charge in [0.15, 0.2) is 11.5 Å². The molecule has 1 aromatic heterocycles. The van der Waals surface area contributed by atoms with E-state index in [0.29, 0.717) is 42.6 Å². The lowest BCUT2D eigenvalue weighted by molar-refractivity contribution is 0.0381. The molecule has 1 saturated heterocycles. The average molecular weight is 363 g/mol. The number of nitrogens with zero attached hydrogens (tertiary/aromatic N) is 1. The molecule has 132 valence electrons. The van der Waals surface area contributed by atoms with Gasteiger partial charge in [-0.05, 0) is 24.1 Å². The van der Waals surface area contributed by atoms with Gasteiger partial charge in [-0.15, -0.1) is 11.3 Å². The van der Waals surface area contributed by atoms with Gasteiger partial charge in [-0.25, -0.2) is 4.39 Å². The zero-order chi connectivity index (χ0) is 17.4. The maximum absolute atomic E-state index is 13.1. The molecule has 5 nitrogen and oxygen atoms in total. The summed E-state index contributed by atoms with van der Waals surface area (Å²) >= 11 is 1.30. The number of benzene rings is 1. The molecule has 0 bridgehead atoms. The first-order valence-corrected chi connectivity index (χ1v) is 9.11. The maximum atomic E-state index is 13.1. The fourth-order valence-electron chi connectivity index (χ4n) is 3.37. The van der Waals surface area contributed by atoms with Gasteiger partial charge in [0.2, 0.25) is 0 Å². The van der Waals surface area contributed by atoms with Gasteiger partial charge in [0.05, 0.1) is 6.10 Å². The topological polar surface area (TPSA) is 59.0 Å². The van der Waals surface area contributed by atoms with Crippen molar-refractivity contribution in [2.24, 2.45) is 0 Å². The first kappa shape index (κ1) is 16.4. The van der Waals surface area contributed by atoms with Crippen LogP contribution in [0, 0.1) is 5.82 Å². The number of amides is 1. The fourth-order valence-corrected chi connectivity index (χ4v) is 4.27. The van der Waals surface area contributed by atoms with E-state index < -0.39 is 6.10 Å². The lowest BCUT2D eigenvalue weighted by Crippen LogP contribution is -2.45. The van der Waals surface area contributed by atoms with Crippen LogP contribution in [0.25, 0.3) is 0 Å². The number of likely N-dealkylation sites (tertiary alicyclic amines) is 1. The number of hydrogen-bond acceptors (Lipinski definition) is 5. The molecule has 2 aliphatic heterocycles. The molecule has 0 aliphatic carbocycles. The molecule has 2 aromatic rings. The van der Waals surface area contributed by atoms with Crippen molar-refractivity contribution >= 4 is 17.2 Å². The monoisotopic (exact) mass is 363 g/mol. The lowest BCUT2D eigenvalue weighted by atomic mass is 9.87. The summed E-state index contributed by atoms with van der Waals surface area (Å²) in [5.41, 5.74) is 0.895. The van der Waals surface area contributed by atoms with E-state index in [1.165, 1.54) is 23.5 Å². The Balaban J connectivity index is 1.48. The second-order valence-corrected chi connectivity index (χ2v) is 7.10. The highest BCUT2D eigenvalue weighted by atomic mass is 32.1. The van der Waals surface area contributed by atoms with Gasteiger partial charge >= 0.3 is 0 Å². The summed E-state index contributed by atoms with van der Waals surface area (Å²) < 4.78 is 24.1. The van der Waals surface area contributed by atoms with Crippen LogP contribution in [0.4, 0.5) is 4.39 Å². The normalized spacial score (nSPS) is 22.7. The van der Waals surface area contributed by atoms with E-state index in [1.807, 2.05) is 0 Å². The second-order valence-electron chi connectivity index (χ2n) is 6.22. The van der Waals surface area contributed by atoms with Crippen LogP contribution in [-0.4, -0.2) is 48.3 Å². The largest absolute Gasteiger partial charge is 0.485 e. The molecule has 1 amide bonds. The van der Waals surface area contributed by atoms with E-state index in [2.05, 4.69) is 0 Å². The Bertz CT molecular complexity index is 776. The summed E-state index contributed by atoms with van der Waals surface area (Å²) in [7, 11) is 0. The highest BCUT2D eigenvalue weighted by molar-refractivity contribution is 7.12. The van der Waals surface area contributed by atoms with E-state index in [9.17, 15) is 14.3 Å². The minimum absolute atomic E-state index is 0.0958. The summed E-state index contributed by atoms with van der Waals surface area (Å²) in [6.45, 7) is 1.69. The van der Waals surface area contributed by atoms with Gasteiger partial charge in [-0.3, -0.25) is 4.79 Å². The molecule has 3 heterocycles. The zero-order valence-electron chi connectivity index (χ0n) is 13.5. The zero-order valence-corrected chi connectivity index (χ0v) is 14.3. The third-order valence-electron chi connectivity index (χ3n) is 4.66. The first-order valence-electron chi connectivity index (χ1n) is 8.23. The Morgan fingerprint density at radius 2 is 2.00 bits per heavy atom. The van der Waals surface area contributed by atoms with Crippen LogP contribution in [0.15, 0.2) is 29.6 Å². The van der Waals surface area contributed by atoms with E-state index in [0.717, 1.165) is 5.56 Å². The molecular weight excluding hydrogens is 345 g/mol. The third-order valence-corrected chi connectivity index (χ3v) is 5.59. The Labute approximate surface area is 148 Å². The molecule has 2 aliphatic rings. The minimum atomic E-state index is -0.684. The average Bonchev–Trinajstić information content (AvgIpc) is 3.06. The summed E-state index contributed by atoms with van der Waals surface area (Å²) in [6.07, 6.45) is -0.0557. The van der Waals surface area contributed by atoms with Crippen molar-refractivity contribution in [1.29, 1.82) is 0 Å². The smallest absolute Gasteiger partial charge is 0.267 e. The van der Waals surface area contributed by atoms with E-state index in [1.54, 1.807) is 22.4 Å². The second kappa shape index (κ2) is 6.65. The summed E-state index contributed by atoms with van der Waals surface area (Å²) in [5, 5.41) is 12.3. The van der Waals surface area contributed by atoms with Gasteiger partial charge < -0.3 is 19.5 Å². The van der Waals surface area contributed by atoms with Gasteiger partial charge in [0, 0.05) is 24.4 Å². The van der Waals surface area contributed by atoms with Crippen LogP contribution in [-0.2, 0) is 0 Å². The number of carbonyl (C=O) groups is 1. The van der Waals surface area contributed by atoms with Crippen molar-refractivity contribution < 1.29 is 23.8 Å². The van der Waals surface area contributed by atoms with Crippen LogP contribution >= 0.6 is 11.3 Å². The number of piperidine rings is 1. The van der Waals surface area contributed by atoms with Gasteiger partial charge in [0.25, 0.3) is 5.91 Å². The highest BCUT2D eigenvalue weighted by Crippen LogP contribution is 2.40. The van der Waals surface area contributed by atoms with Crippen molar-refractivity contribution in [2.45, 2.75) is 18.4 Å². The number of ether oxygens (including phenoxy) is 2. The predicted octanol–water partition coefficient (Wildman–Crippen LogP) is 2.65. The van der Waals surface area contributed by atoms with Crippen molar-refractivity contribution in [1.82, 2.24) is 4.90 Å². The Kier molecular flexibility index (Phi) is 4.35. The van der Waals surface area contributed by atoms with Crippen molar-refractivity contribution in [2.75, 3.05) is 26.3 Å². The van der Waals surface area contributed by atoms with Crippen LogP contribution in [0.1, 0.15) is 27.6 Å². The minimum Gasteiger partial charge on any atom is -0.485 e. The molecule has 1 fully saturated rings. The van der Waals surface area contributed by atoms with Crippen LogP contribution in [0.5, 0.6) is 11.5 Å². The molecule has 7 heteroatoms. The Hall–Kier alpha value is -2.12. The molecule has 4 rings (SSSR count). The number of halogens is 1. The van der Waals surface area contributed by atoms with E-state index >= 15 is 0 Å². The Morgan fingerprint density at radius 1 is 1.24 bits per heavy atom. The van der Waals surface area contributed by atoms with Crippen LogP contribution < -0.4 is 9.47 Å². The van der Waals surface area contributed by atoms with Gasteiger partial charge in [-0.2, -0.15) is 0 Å². The molecule has 0 radical (unpaired) electrons. The number of hydrogen-bond donors (Lipinski definition) is 1. The third kappa shape index (κ3) is 3.09.